The van der Waals surface area contributed by atoms with Gasteiger partial charge in [-0.25, -0.2) is 9.78 Å². The van der Waals surface area contributed by atoms with Crippen molar-refractivity contribution >= 4 is 48.1 Å². The van der Waals surface area contributed by atoms with Gasteiger partial charge in [0.15, 0.2) is 0 Å². The fraction of sp³-hybridized carbons (Fsp3) is 0.500. The highest BCUT2D eigenvalue weighted by molar-refractivity contribution is 7.80. The van der Waals surface area contributed by atoms with E-state index >= 15 is 0 Å². The predicted octanol–water partition coefficient (Wildman–Crippen LogP) is -4.11. The Morgan fingerprint density at radius 1 is 0.971 bits per heavy atom. The third kappa shape index (κ3) is 9.86. The van der Waals surface area contributed by atoms with Crippen LogP contribution in [0.25, 0.3) is 0 Å². The van der Waals surface area contributed by atoms with Crippen LogP contribution in [-0.2, 0) is 35.2 Å². The first-order chi connectivity index (χ1) is 15.9. The van der Waals surface area contributed by atoms with Crippen molar-refractivity contribution in [2.24, 2.45) is 17.2 Å². The van der Waals surface area contributed by atoms with Gasteiger partial charge in [0.25, 0.3) is 0 Å². The number of rotatable bonds is 15. The number of aliphatic carboxylic acids is 1. The second-order valence-corrected chi connectivity index (χ2v) is 7.63. The van der Waals surface area contributed by atoms with Crippen LogP contribution in [0, 0.1) is 0 Å². The Hall–Kier alpha value is -3.66. The summed E-state index contributed by atoms with van der Waals surface area (Å²) in [5.74, 6) is -5.82. The predicted molar refractivity (Wildman–Crippen MR) is 120 cm³/mol. The molecule has 0 spiro atoms. The summed E-state index contributed by atoms with van der Waals surface area (Å²) >= 11 is 3.89. The Morgan fingerprint density at radius 3 is 2.06 bits per heavy atom. The molecule has 11 N–H and O–H groups in total. The molecule has 4 unspecified atom stereocenters. The first-order valence-electron chi connectivity index (χ1n) is 9.98. The number of hydrogen-bond donors (Lipinski definition) is 9. The van der Waals surface area contributed by atoms with Crippen molar-refractivity contribution in [3.05, 3.63) is 18.2 Å². The van der Waals surface area contributed by atoms with Gasteiger partial charge < -0.3 is 43.2 Å². The molecule has 0 radical (unpaired) electrons. The SMILES string of the molecule is NC(=O)CCC(NC(=O)C(N)CS)C(=O)NC(CC(N)=O)C(=O)NC(Cc1cnc[nH]1)C(=O)O. The third-order valence-corrected chi connectivity index (χ3v) is 4.87. The molecule has 15 nitrogen and oxygen atoms in total. The smallest absolute Gasteiger partial charge is 0.326 e. The molecule has 0 bridgehead atoms. The van der Waals surface area contributed by atoms with Crippen molar-refractivity contribution in [2.75, 3.05) is 5.75 Å². The molecule has 1 rings (SSSR count). The first-order valence-corrected chi connectivity index (χ1v) is 10.6. The molecule has 4 atom stereocenters. The molecule has 5 amide bonds. The van der Waals surface area contributed by atoms with Crippen molar-refractivity contribution < 1.29 is 33.9 Å². The number of carbonyl (C=O) groups excluding carboxylic acids is 5. The number of hydrogen-bond acceptors (Lipinski definition) is 9. The number of carboxylic acids is 1. The zero-order chi connectivity index (χ0) is 25.8. The molecule has 34 heavy (non-hydrogen) atoms. The van der Waals surface area contributed by atoms with Crippen LogP contribution < -0.4 is 33.2 Å². The third-order valence-electron chi connectivity index (χ3n) is 4.48. The molecular formula is C18H28N8O7S. The van der Waals surface area contributed by atoms with Gasteiger partial charge in [0.2, 0.25) is 29.5 Å². The summed E-state index contributed by atoms with van der Waals surface area (Å²) in [6.45, 7) is 0. The molecule has 1 heterocycles. The fourth-order valence-corrected chi connectivity index (χ4v) is 2.85. The van der Waals surface area contributed by atoms with E-state index in [0.29, 0.717) is 5.69 Å². The Labute approximate surface area is 199 Å². The minimum atomic E-state index is -1.57. The van der Waals surface area contributed by atoms with Crippen molar-refractivity contribution in [1.82, 2.24) is 25.9 Å². The first kappa shape index (κ1) is 28.4. The lowest BCUT2D eigenvalue weighted by Crippen LogP contribution is -2.58. The summed E-state index contributed by atoms with van der Waals surface area (Å²) < 4.78 is 0. The topological polar surface area (TPSA) is 265 Å². The summed E-state index contributed by atoms with van der Waals surface area (Å²) in [7, 11) is 0. The maximum absolute atomic E-state index is 12.8. The molecule has 1 aromatic heterocycles. The Morgan fingerprint density at radius 2 is 1.56 bits per heavy atom. The van der Waals surface area contributed by atoms with Gasteiger partial charge in [-0.05, 0) is 6.42 Å². The van der Waals surface area contributed by atoms with Gasteiger partial charge in [-0.3, -0.25) is 24.0 Å². The molecule has 1 aromatic rings. The second-order valence-electron chi connectivity index (χ2n) is 7.27. The lowest BCUT2D eigenvalue weighted by Gasteiger charge is -2.24. The number of aromatic amines is 1. The average molecular weight is 501 g/mol. The normalized spacial score (nSPS) is 14.2. The van der Waals surface area contributed by atoms with E-state index in [4.69, 9.17) is 17.2 Å². The summed E-state index contributed by atoms with van der Waals surface area (Å²) in [4.78, 5) is 78.2. The van der Waals surface area contributed by atoms with E-state index in [-0.39, 0.29) is 25.0 Å². The Bertz CT molecular complexity index is 895. The van der Waals surface area contributed by atoms with Crippen LogP contribution in [0.2, 0.25) is 0 Å². The zero-order valence-electron chi connectivity index (χ0n) is 18.0. The van der Waals surface area contributed by atoms with Crippen LogP contribution in [0.15, 0.2) is 12.5 Å². The van der Waals surface area contributed by atoms with Crippen LogP contribution in [-0.4, -0.2) is 80.5 Å². The number of H-pyrrole nitrogens is 1. The maximum atomic E-state index is 12.8. The van der Waals surface area contributed by atoms with Crippen LogP contribution in [0.4, 0.5) is 0 Å². The highest BCUT2D eigenvalue weighted by Gasteiger charge is 2.31. The molecule has 0 aliphatic rings. The molecule has 16 heteroatoms. The van der Waals surface area contributed by atoms with Gasteiger partial charge in [-0.2, -0.15) is 12.6 Å². The molecule has 0 fully saturated rings. The molecule has 0 aliphatic carbocycles. The number of thiol groups is 1. The van der Waals surface area contributed by atoms with Gasteiger partial charge in [0.05, 0.1) is 18.8 Å². The number of nitrogens with two attached hydrogens (primary N) is 3. The minimum absolute atomic E-state index is 0.0321. The van der Waals surface area contributed by atoms with Gasteiger partial charge in [0.1, 0.15) is 18.1 Å². The van der Waals surface area contributed by atoms with Crippen LogP contribution in [0.1, 0.15) is 25.0 Å². The highest BCUT2D eigenvalue weighted by atomic mass is 32.1. The molecule has 0 saturated heterocycles. The molecular weight excluding hydrogens is 472 g/mol. The number of imidazole rings is 1. The zero-order valence-corrected chi connectivity index (χ0v) is 18.9. The fourth-order valence-electron chi connectivity index (χ4n) is 2.69. The van der Waals surface area contributed by atoms with Crippen molar-refractivity contribution in [3.8, 4) is 0 Å². The molecule has 0 aliphatic heterocycles. The lowest BCUT2D eigenvalue weighted by atomic mass is 10.1. The Balaban J connectivity index is 2.99. The van der Waals surface area contributed by atoms with Crippen molar-refractivity contribution in [2.45, 2.75) is 49.9 Å². The van der Waals surface area contributed by atoms with E-state index in [1.165, 1.54) is 12.5 Å². The number of nitrogens with one attached hydrogen (secondary N) is 4. The van der Waals surface area contributed by atoms with Crippen molar-refractivity contribution in [3.63, 3.8) is 0 Å². The number of amides is 5. The van der Waals surface area contributed by atoms with Crippen LogP contribution in [0.3, 0.4) is 0 Å². The van der Waals surface area contributed by atoms with Crippen LogP contribution in [0.5, 0.6) is 0 Å². The number of carboxylic acid groups (broad SMARTS) is 1. The standard InChI is InChI=1S/C18H28N8O7S/c19-9(6-34)15(29)24-10(1-2-13(20)27)16(30)25-11(4-14(21)28)17(31)26-12(18(32)33)3-8-5-22-7-23-8/h5,7,9-12,34H,1-4,6,19H2,(H2,20,27)(H2,21,28)(H,22,23)(H,24,29)(H,25,30)(H,26,31)(H,32,33). The summed E-state index contributed by atoms with van der Waals surface area (Å²) in [6, 6.07) is -5.38. The van der Waals surface area contributed by atoms with Gasteiger partial charge in [-0.15, -0.1) is 0 Å². The average Bonchev–Trinajstić information content (AvgIpc) is 3.27. The molecule has 0 saturated carbocycles. The van der Waals surface area contributed by atoms with E-state index in [1.807, 2.05) is 0 Å². The quantitative estimate of drug-likeness (QED) is 0.106. The monoisotopic (exact) mass is 500 g/mol. The van der Waals surface area contributed by atoms with E-state index in [1.54, 1.807) is 0 Å². The molecule has 188 valence electrons. The summed E-state index contributed by atoms with van der Waals surface area (Å²) in [6.07, 6.45) is 1.36. The van der Waals surface area contributed by atoms with E-state index < -0.39 is 66.1 Å². The largest absolute Gasteiger partial charge is 0.480 e. The van der Waals surface area contributed by atoms with E-state index in [0.717, 1.165) is 0 Å². The number of nitrogens with zero attached hydrogens (tertiary/aromatic N) is 1. The van der Waals surface area contributed by atoms with E-state index in [2.05, 4.69) is 38.5 Å². The number of aromatic nitrogens is 2. The minimum Gasteiger partial charge on any atom is -0.480 e. The highest BCUT2D eigenvalue weighted by Crippen LogP contribution is 2.04. The molecule has 0 aromatic carbocycles. The van der Waals surface area contributed by atoms with Gasteiger partial charge >= 0.3 is 5.97 Å². The lowest BCUT2D eigenvalue weighted by molar-refractivity contribution is -0.142. The van der Waals surface area contributed by atoms with Crippen LogP contribution >= 0.6 is 12.6 Å². The van der Waals surface area contributed by atoms with Gasteiger partial charge in [-0.1, -0.05) is 0 Å². The Kier molecular flexibility index (Phi) is 11.5. The van der Waals surface area contributed by atoms with Crippen molar-refractivity contribution in [1.29, 1.82) is 0 Å². The van der Waals surface area contributed by atoms with Gasteiger partial charge in [0, 0.05) is 30.5 Å². The number of carbonyl (C=O) groups is 6. The number of primary amides is 2. The van der Waals surface area contributed by atoms with E-state index in [9.17, 15) is 33.9 Å². The summed E-state index contributed by atoms with van der Waals surface area (Å²) in [5, 5.41) is 16.2. The maximum Gasteiger partial charge on any atom is 0.326 e. The second kappa shape index (κ2) is 13.8. The summed E-state index contributed by atoms with van der Waals surface area (Å²) in [5.41, 5.74) is 16.3.